The van der Waals surface area contributed by atoms with Gasteiger partial charge in [-0.05, 0) is 19.1 Å². The van der Waals surface area contributed by atoms with E-state index in [1.54, 1.807) is 7.11 Å². The van der Waals surface area contributed by atoms with Gasteiger partial charge in [0.15, 0.2) is 5.79 Å². The highest BCUT2D eigenvalue weighted by Gasteiger charge is 2.43. The van der Waals surface area contributed by atoms with E-state index in [9.17, 15) is 0 Å². The van der Waals surface area contributed by atoms with Crippen LogP contribution in [0.15, 0.2) is 24.3 Å². The van der Waals surface area contributed by atoms with Gasteiger partial charge in [-0.15, -0.1) is 0 Å². The molecule has 2 aliphatic rings. The number of benzene rings is 1. The smallest absolute Gasteiger partial charge is 0.172 e. The van der Waals surface area contributed by atoms with Gasteiger partial charge >= 0.3 is 0 Å². The number of piperidine rings is 1. The highest BCUT2D eigenvalue weighted by molar-refractivity contribution is 5.47. The second kappa shape index (κ2) is 7.95. The molecule has 0 saturated carbocycles. The summed E-state index contributed by atoms with van der Waals surface area (Å²) in [4.78, 5) is 2.40. The number of anilines is 1. The van der Waals surface area contributed by atoms with Crippen molar-refractivity contribution in [3.8, 4) is 0 Å². The van der Waals surface area contributed by atoms with E-state index < -0.39 is 0 Å². The highest BCUT2D eigenvalue weighted by Crippen LogP contribution is 2.35. The summed E-state index contributed by atoms with van der Waals surface area (Å²) in [7, 11) is 1.70. The summed E-state index contributed by atoms with van der Waals surface area (Å²) in [5.74, 6) is -0.371. The second-order valence-electron chi connectivity index (χ2n) is 5.74. The maximum absolute atomic E-state index is 6.06. The Morgan fingerprint density at radius 1 is 1.18 bits per heavy atom. The van der Waals surface area contributed by atoms with Crippen LogP contribution in [0, 0.1) is 6.92 Å². The molecule has 1 aromatic rings. The van der Waals surface area contributed by atoms with Gasteiger partial charge in [-0.3, -0.25) is 0 Å². The molecule has 22 heavy (non-hydrogen) atoms. The fraction of sp³-hybridized carbons (Fsp3) is 0.667. The van der Waals surface area contributed by atoms with E-state index in [4.69, 9.17) is 14.2 Å². The van der Waals surface area contributed by atoms with Crippen molar-refractivity contribution in [1.29, 1.82) is 0 Å². The summed E-state index contributed by atoms with van der Waals surface area (Å²) >= 11 is 0. The summed E-state index contributed by atoms with van der Waals surface area (Å²) in [6.45, 7) is 9.33. The third-order valence-corrected chi connectivity index (χ3v) is 4.19. The zero-order valence-electron chi connectivity index (χ0n) is 14.3. The minimum Gasteiger partial charge on any atom is -0.382 e. The molecule has 0 radical (unpaired) electrons. The van der Waals surface area contributed by atoms with Gasteiger partial charge in [0.25, 0.3) is 0 Å². The molecule has 2 aliphatic heterocycles. The van der Waals surface area contributed by atoms with Crippen molar-refractivity contribution in [3.63, 3.8) is 0 Å². The average molecular weight is 307 g/mol. The van der Waals surface area contributed by atoms with E-state index in [0.717, 1.165) is 25.9 Å². The Balaban J connectivity index is 0.000000847. The Kier molecular flexibility index (Phi) is 6.24. The van der Waals surface area contributed by atoms with Gasteiger partial charge in [-0.1, -0.05) is 31.5 Å². The van der Waals surface area contributed by atoms with Crippen molar-refractivity contribution < 1.29 is 14.2 Å². The van der Waals surface area contributed by atoms with E-state index in [1.807, 2.05) is 13.8 Å². The van der Waals surface area contributed by atoms with Crippen LogP contribution in [-0.2, 0) is 14.2 Å². The summed E-state index contributed by atoms with van der Waals surface area (Å²) in [6.07, 6.45) is 1.92. The number of methoxy groups -OCH3 is 1. The van der Waals surface area contributed by atoms with Crippen LogP contribution in [0.5, 0.6) is 0 Å². The molecular formula is C18H29NO3. The largest absolute Gasteiger partial charge is 0.382 e. The van der Waals surface area contributed by atoms with Crippen LogP contribution in [0.4, 0.5) is 5.69 Å². The molecule has 1 unspecified atom stereocenters. The first-order valence-corrected chi connectivity index (χ1v) is 8.33. The van der Waals surface area contributed by atoms with Gasteiger partial charge < -0.3 is 19.1 Å². The molecule has 124 valence electrons. The molecular weight excluding hydrogens is 278 g/mol. The summed E-state index contributed by atoms with van der Waals surface area (Å²) in [5, 5.41) is 0. The molecule has 4 heteroatoms. The first kappa shape index (κ1) is 17.3. The lowest BCUT2D eigenvalue weighted by Crippen LogP contribution is -2.45. The molecule has 2 saturated heterocycles. The molecule has 2 heterocycles. The zero-order chi connectivity index (χ0) is 16.0. The van der Waals surface area contributed by atoms with Crippen LogP contribution >= 0.6 is 0 Å². The highest BCUT2D eigenvalue weighted by atomic mass is 16.7. The first-order chi connectivity index (χ1) is 10.7. The van der Waals surface area contributed by atoms with Crippen LogP contribution in [0.25, 0.3) is 0 Å². The predicted octanol–water partition coefficient (Wildman–Crippen LogP) is 3.38. The molecule has 0 N–H and O–H groups in total. The third-order valence-electron chi connectivity index (χ3n) is 4.19. The lowest BCUT2D eigenvalue weighted by Gasteiger charge is -2.39. The summed E-state index contributed by atoms with van der Waals surface area (Å²) in [5.41, 5.74) is 2.59. The topological polar surface area (TPSA) is 30.9 Å². The lowest BCUT2D eigenvalue weighted by atomic mass is 10.0. The summed E-state index contributed by atoms with van der Waals surface area (Å²) in [6, 6.07) is 8.71. The van der Waals surface area contributed by atoms with E-state index in [-0.39, 0.29) is 11.9 Å². The number of hydrogen-bond donors (Lipinski definition) is 0. The van der Waals surface area contributed by atoms with Gasteiger partial charge in [-0.2, -0.15) is 0 Å². The minimum absolute atomic E-state index is 0.0888. The molecule has 1 atom stereocenters. The van der Waals surface area contributed by atoms with Crippen molar-refractivity contribution in [1.82, 2.24) is 0 Å². The molecule has 0 bridgehead atoms. The van der Waals surface area contributed by atoms with Gasteiger partial charge in [-0.25, -0.2) is 0 Å². The quantitative estimate of drug-likeness (QED) is 0.856. The number of aryl methyl sites for hydroxylation is 1. The number of rotatable bonds is 3. The molecule has 0 aromatic heterocycles. The Hall–Kier alpha value is -1.10. The fourth-order valence-corrected chi connectivity index (χ4v) is 3.01. The Bertz CT molecular complexity index is 438. The Morgan fingerprint density at radius 3 is 2.41 bits per heavy atom. The van der Waals surface area contributed by atoms with Crippen molar-refractivity contribution in [2.45, 2.75) is 45.5 Å². The van der Waals surface area contributed by atoms with Gasteiger partial charge in [0.2, 0.25) is 0 Å². The number of hydrogen-bond acceptors (Lipinski definition) is 4. The molecule has 1 aromatic carbocycles. The van der Waals surface area contributed by atoms with E-state index >= 15 is 0 Å². The number of ether oxygens (including phenoxy) is 3. The predicted molar refractivity (Wildman–Crippen MR) is 89.4 cm³/mol. The van der Waals surface area contributed by atoms with Crippen LogP contribution < -0.4 is 4.90 Å². The normalized spacial score (nSPS) is 23.3. The number of nitrogens with zero attached hydrogens (tertiary/aromatic N) is 1. The maximum Gasteiger partial charge on any atom is 0.172 e. The fourth-order valence-electron chi connectivity index (χ4n) is 3.01. The molecule has 2 fully saturated rings. The minimum atomic E-state index is -0.371. The molecule has 1 spiro atoms. The molecule has 4 nitrogen and oxygen atoms in total. The van der Waals surface area contributed by atoms with Crippen molar-refractivity contribution in [2.24, 2.45) is 0 Å². The van der Waals surface area contributed by atoms with Crippen molar-refractivity contribution in [3.05, 3.63) is 29.8 Å². The van der Waals surface area contributed by atoms with Crippen molar-refractivity contribution in [2.75, 3.05) is 38.3 Å². The third kappa shape index (κ3) is 4.00. The second-order valence-corrected chi connectivity index (χ2v) is 5.74. The average Bonchev–Trinajstić information content (AvgIpc) is 2.94. The van der Waals surface area contributed by atoms with Gasteiger partial charge in [0.05, 0.1) is 13.2 Å². The van der Waals surface area contributed by atoms with Crippen LogP contribution in [0.3, 0.4) is 0 Å². The first-order valence-electron chi connectivity index (χ1n) is 8.33. The Morgan fingerprint density at radius 2 is 1.82 bits per heavy atom. The standard InChI is InChI=1S/C16H23NO3.C2H6/c1-13-3-5-14(6-4-13)17-9-7-16(8-10-17)19-12-15(20-16)11-18-2;1-2/h3-6,15H,7-12H2,1-2H3;1-2H3. The van der Waals surface area contributed by atoms with Crippen LogP contribution in [-0.4, -0.2) is 45.3 Å². The van der Waals surface area contributed by atoms with E-state index in [1.165, 1.54) is 11.3 Å². The van der Waals surface area contributed by atoms with E-state index in [0.29, 0.717) is 13.2 Å². The molecule has 0 amide bonds. The monoisotopic (exact) mass is 307 g/mol. The van der Waals surface area contributed by atoms with Gasteiger partial charge in [0.1, 0.15) is 6.10 Å². The van der Waals surface area contributed by atoms with Gasteiger partial charge in [0, 0.05) is 38.7 Å². The molecule has 3 rings (SSSR count). The summed E-state index contributed by atoms with van der Waals surface area (Å²) < 4.78 is 17.1. The Labute approximate surface area is 134 Å². The van der Waals surface area contributed by atoms with Crippen molar-refractivity contribution >= 4 is 5.69 Å². The van der Waals surface area contributed by atoms with Crippen LogP contribution in [0.1, 0.15) is 32.3 Å². The van der Waals surface area contributed by atoms with E-state index in [2.05, 4.69) is 36.1 Å². The lowest BCUT2D eigenvalue weighted by molar-refractivity contribution is -0.184. The SMILES string of the molecule is CC.COCC1COC2(CCN(c3ccc(C)cc3)CC2)O1. The zero-order valence-corrected chi connectivity index (χ0v) is 14.3. The molecule has 0 aliphatic carbocycles. The van der Waals surface area contributed by atoms with Crippen LogP contribution in [0.2, 0.25) is 0 Å². The maximum atomic E-state index is 6.06.